The molecule has 2 rings (SSSR count). The molecule has 5 nitrogen and oxygen atoms in total. The Morgan fingerprint density at radius 2 is 1.83 bits per heavy atom. The number of hydrogen-bond donors (Lipinski definition) is 3. The summed E-state index contributed by atoms with van der Waals surface area (Å²) in [4.78, 5) is 11.7. The van der Waals surface area contributed by atoms with Crippen molar-refractivity contribution in [2.75, 3.05) is 11.9 Å². The Morgan fingerprint density at radius 1 is 1.12 bits per heavy atom. The number of aryl methyl sites for hydroxylation is 1. The van der Waals surface area contributed by atoms with Gasteiger partial charge >= 0.3 is 0 Å². The fourth-order valence-electron chi connectivity index (χ4n) is 1.81. The van der Waals surface area contributed by atoms with Crippen LogP contribution in [0, 0.1) is 6.92 Å². The third kappa shape index (κ3) is 6.23. The molecule has 0 aliphatic rings. The molecule has 0 bridgehead atoms. The molecule has 0 saturated heterocycles. The Labute approximate surface area is 155 Å². The van der Waals surface area contributed by atoms with Gasteiger partial charge in [-0.15, -0.1) is 0 Å². The van der Waals surface area contributed by atoms with Gasteiger partial charge in [-0.05, 0) is 55.0 Å². The minimum atomic E-state index is -0.403. The number of amides is 1. The van der Waals surface area contributed by atoms with Crippen LogP contribution in [0.2, 0.25) is 10.0 Å². The summed E-state index contributed by atoms with van der Waals surface area (Å²) in [5.41, 5.74) is 6.95. The van der Waals surface area contributed by atoms with Gasteiger partial charge in [-0.1, -0.05) is 35.3 Å². The summed E-state index contributed by atoms with van der Waals surface area (Å²) in [6.07, 6.45) is 0. The topological polar surface area (TPSA) is 62.4 Å². The van der Waals surface area contributed by atoms with E-state index in [1.807, 2.05) is 31.2 Å². The van der Waals surface area contributed by atoms with E-state index in [1.54, 1.807) is 18.2 Å². The average molecular weight is 384 g/mol. The molecule has 0 fully saturated rings. The van der Waals surface area contributed by atoms with Crippen LogP contribution in [0.4, 0.5) is 5.69 Å². The second kappa shape index (κ2) is 8.73. The van der Waals surface area contributed by atoms with Crippen molar-refractivity contribution in [2.24, 2.45) is 0 Å². The lowest BCUT2D eigenvalue weighted by molar-refractivity contribution is -0.123. The van der Waals surface area contributed by atoms with Crippen LogP contribution in [0.15, 0.2) is 42.5 Å². The number of halogens is 2. The highest BCUT2D eigenvalue weighted by molar-refractivity contribution is 7.80. The molecular formula is C16H15Cl2N3O2S. The Bertz CT molecular complexity index is 736. The third-order valence-electron chi connectivity index (χ3n) is 2.80. The maximum Gasteiger partial charge on any atom is 0.276 e. The van der Waals surface area contributed by atoms with Crippen LogP contribution in [0.25, 0.3) is 0 Å². The molecular weight excluding hydrogens is 369 g/mol. The second-order valence-electron chi connectivity index (χ2n) is 4.89. The van der Waals surface area contributed by atoms with E-state index in [9.17, 15) is 4.79 Å². The molecule has 0 aromatic heterocycles. The Kier molecular flexibility index (Phi) is 6.66. The maximum atomic E-state index is 11.7. The van der Waals surface area contributed by atoms with E-state index in [-0.39, 0.29) is 11.7 Å². The molecule has 8 heteroatoms. The monoisotopic (exact) mass is 383 g/mol. The molecule has 0 atom stereocenters. The highest BCUT2D eigenvalue weighted by Gasteiger charge is 2.05. The Morgan fingerprint density at radius 3 is 2.50 bits per heavy atom. The van der Waals surface area contributed by atoms with E-state index >= 15 is 0 Å². The van der Waals surface area contributed by atoms with Crippen LogP contribution in [0.5, 0.6) is 5.75 Å². The van der Waals surface area contributed by atoms with Gasteiger partial charge in [0.05, 0.1) is 0 Å². The summed E-state index contributed by atoms with van der Waals surface area (Å²) < 4.78 is 5.31. The second-order valence-corrected chi connectivity index (χ2v) is 6.17. The SMILES string of the molecule is Cc1cccc(NC(=S)NNC(=O)COc2cc(Cl)cc(Cl)c2)c1. The summed E-state index contributed by atoms with van der Waals surface area (Å²) >= 11 is 16.8. The first-order valence-corrected chi connectivity index (χ1v) is 8.10. The number of anilines is 1. The van der Waals surface area contributed by atoms with Gasteiger partial charge in [-0.25, -0.2) is 0 Å². The molecule has 0 spiro atoms. The quantitative estimate of drug-likeness (QED) is 0.554. The number of thiocarbonyl (C=S) groups is 1. The first kappa shape index (κ1) is 18.3. The molecule has 0 aliphatic carbocycles. The Hall–Kier alpha value is -2.02. The zero-order valence-electron chi connectivity index (χ0n) is 12.7. The van der Waals surface area contributed by atoms with E-state index in [4.69, 9.17) is 40.2 Å². The molecule has 1 amide bonds. The molecule has 126 valence electrons. The predicted molar refractivity (Wildman–Crippen MR) is 101 cm³/mol. The van der Waals surface area contributed by atoms with Gasteiger partial charge in [0.15, 0.2) is 11.7 Å². The molecule has 0 unspecified atom stereocenters. The summed E-state index contributed by atoms with van der Waals surface area (Å²) in [6, 6.07) is 12.4. The number of carbonyl (C=O) groups is 1. The van der Waals surface area contributed by atoms with Gasteiger partial charge in [0, 0.05) is 15.7 Å². The van der Waals surface area contributed by atoms with Crippen molar-refractivity contribution < 1.29 is 9.53 Å². The molecule has 0 heterocycles. The summed E-state index contributed by atoms with van der Waals surface area (Å²) in [5.74, 6) is 0.00241. The smallest absolute Gasteiger partial charge is 0.276 e. The fraction of sp³-hybridized carbons (Fsp3) is 0.125. The lowest BCUT2D eigenvalue weighted by Crippen LogP contribution is -2.45. The largest absolute Gasteiger partial charge is 0.484 e. The van der Waals surface area contributed by atoms with E-state index in [0.29, 0.717) is 15.8 Å². The zero-order valence-corrected chi connectivity index (χ0v) is 15.1. The fourth-order valence-corrected chi connectivity index (χ4v) is 2.48. The molecule has 2 aromatic carbocycles. The number of ether oxygens (including phenoxy) is 1. The van der Waals surface area contributed by atoms with Crippen molar-refractivity contribution in [1.82, 2.24) is 10.9 Å². The van der Waals surface area contributed by atoms with Gasteiger partial charge in [-0.2, -0.15) is 0 Å². The van der Waals surface area contributed by atoms with Gasteiger partial charge in [0.25, 0.3) is 5.91 Å². The van der Waals surface area contributed by atoms with Crippen LogP contribution in [0.1, 0.15) is 5.56 Å². The lowest BCUT2D eigenvalue weighted by atomic mass is 10.2. The number of nitrogens with one attached hydrogen (secondary N) is 3. The minimum absolute atomic E-state index is 0.212. The normalized spacial score (nSPS) is 9.96. The number of hydrazine groups is 1. The van der Waals surface area contributed by atoms with Gasteiger partial charge in [0.2, 0.25) is 0 Å². The van der Waals surface area contributed by atoms with Crippen molar-refractivity contribution in [2.45, 2.75) is 6.92 Å². The minimum Gasteiger partial charge on any atom is -0.484 e. The predicted octanol–water partition coefficient (Wildman–Crippen LogP) is 3.70. The standard InChI is InChI=1S/C16H15Cl2N3O2S/c1-10-3-2-4-13(5-10)19-16(24)21-20-15(22)9-23-14-7-11(17)6-12(18)8-14/h2-8H,9H2,1H3,(H,20,22)(H2,19,21,24). The van der Waals surface area contributed by atoms with Gasteiger partial charge in [0.1, 0.15) is 5.75 Å². The van der Waals surface area contributed by atoms with Crippen molar-refractivity contribution >= 4 is 52.1 Å². The Balaban J connectivity index is 1.75. The summed E-state index contributed by atoms with van der Waals surface area (Å²) in [7, 11) is 0. The first-order chi connectivity index (χ1) is 11.4. The van der Waals surface area contributed by atoms with Crippen molar-refractivity contribution in [3.8, 4) is 5.75 Å². The van der Waals surface area contributed by atoms with Gasteiger partial charge < -0.3 is 10.1 Å². The number of carbonyl (C=O) groups excluding carboxylic acids is 1. The summed E-state index contributed by atoms with van der Waals surface area (Å²) in [6.45, 7) is 1.76. The number of rotatable bonds is 4. The van der Waals surface area contributed by atoms with Crippen LogP contribution in [-0.2, 0) is 4.79 Å². The summed E-state index contributed by atoms with van der Waals surface area (Å²) in [5, 5.41) is 4.08. The van der Waals surface area contributed by atoms with Crippen LogP contribution < -0.4 is 20.9 Å². The van der Waals surface area contributed by atoms with E-state index in [2.05, 4.69) is 16.2 Å². The van der Waals surface area contributed by atoms with E-state index in [1.165, 1.54) is 0 Å². The molecule has 24 heavy (non-hydrogen) atoms. The third-order valence-corrected chi connectivity index (χ3v) is 3.44. The highest BCUT2D eigenvalue weighted by Crippen LogP contribution is 2.23. The first-order valence-electron chi connectivity index (χ1n) is 6.94. The van der Waals surface area contributed by atoms with Crippen LogP contribution >= 0.6 is 35.4 Å². The molecule has 0 radical (unpaired) electrons. The molecule has 0 saturated carbocycles. The van der Waals surface area contributed by atoms with Crippen LogP contribution in [0.3, 0.4) is 0 Å². The van der Waals surface area contributed by atoms with Crippen molar-refractivity contribution in [3.63, 3.8) is 0 Å². The maximum absolute atomic E-state index is 11.7. The molecule has 3 N–H and O–H groups in total. The number of benzene rings is 2. The molecule has 0 aliphatic heterocycles. The van der Waals surface area contributed by atoms with Crippen molar-refractivity contribution in [1.29, 1.82) is 0 Å². The van der Waals surface area contributed by atoms with Crippen LogP contribution in [-0.4, -0.2) is 17.6 Å². The van der Waals surface area contributed by atoms with Crippen molar-refractivity contribution in [3.05, 3.63) is 58.1 Å². The molecule has 2 aromatic rings. The van der Waals surface area contributed by atoms with Gasteiger partial charge in [-0.3, -0.25) is 15.6 Å². The number of hydrogen-bond acceptors (Lipinski definition) is 3. The highest BCUT2D eigenvalue weighted by atomic mass is 35.5. The van der Waals surface area contributed by atoms with E-state index in [0.717, 1.165) is 11.3 Å². The average Bonchev–Trinajstić information content (AvgIpc) is 2.50. The zero-order chi connectivity index (χ0) is 17.5. The lowest BCUT2D eigenvalue weighted by Gasteiger charge is -2.12. The van der Waals surface area contributed by atoms with E-state index < -0.39 is 5.91 Å².